The lowest BCUT2D eigenvalue weighted by Crippen LogP contribution is -2.16. The van der Waals surface area contributed by atoms with Crippen molar-refractivity contribution in [3.05, 3.63) is 60.4 Å². The molecule has 0 saturated carbocycles. The van der Waals surface area contributed by atoms with Crippen molar-refractivity contribution >= 4 is 5.97 Å². The molecule has 4 heteroatoms. The van der Waals surface area contributed by atoms with E-state index in [9.17, 15) is 4.79 Å². The number of pyridine rings is 1. The summed E-state index contributed by atoms with van der Waals surface area (Å²) < 4.78 is 10.9. The van der Waals surface area contributed by atoms with Gasteiger partial charge in [0.05, 0.1) is 6.20 Å². The van der Waals surface area contributed by atoms with Gasteiger partial charge < -0.3 is 9.47 Å². The van der Waals surface area contributed by atoms with Crippen LogP contribution in [0.2, 0.25) is 0 Å². The van der Waals surface area contributed by atoms with Crippen molar-refractivity contribution in [3.8, 4) is 5.75 Å². The fourth-order valence-electron chi connectivity index (χ4n) is 1.67. The molecule has 1 aromatic carbocycles. The van der Waals surface area contributed by atoms with Gasteiger partial charge in [-0.25, -0.2) is 0 Å². The van der Waals surface area contributed by atoms with Crippen LogP contribution in [0.15, 0.2) is 54.9 Å². The molecular weight excluding hydrogens is 242 g/mol. The molecule has 0 amide bonds. The van der Waals surface area contributed by atoms with E-state index in [4.69, 9.17) is 9.47 Å². The van der Waals surface area contributed by atoms with E-state index in [1.807, 2.05) is 36.4 Å². The number of benzene rings is 1. The summed E-state index contributed by atoms with van der Waals surface area (Å²) in [7, 11) is 0. The molecule has 98 valence electrons. The predicted molar refractivity (Wildman–Crippen MR) is 70.7 cm³/mol. The molecule has 1 aromatic heterocycles. The third-order valence-electron chi connectivity index (χ3n) is 2.52. The molecule has 0 fully saturated rings. The summed E-state index contributed by atoms with van der Waals surface area (Å²) in [5, 5.41) is 0. The summed E-state index contributed by atoms with van der Waals surface area (Å²) in [6, 6.07) is 13.1. The van der Waals surface area contributed by atoms with Crippen LogP contribution >= 0.6 is 0 Å². The molecule has 2 rings (SSSR count). The summed E-state index contributed by atoms with van der Waals surface area (Å²) in [5.41, 5.74) is 0.904. The van der Waals surface area contributed by atoms with E-state index in [1.54, 1.807) is 18.5 Å². The summed E-state index contributed by atoms with van der Waals surface area (Å²) >= 11 is 0. The van der Waals surface area contributed by atoms with E-state index >= 15 is 0 Å². The quantitative estimate of drug-likeness (QED) is 0.773. The molecule has 2 aromatic rings. The first-order valence-corrected chi connectivity index (χ1v) is 6.00. The number of hydrogen-bond donors (Lipinski definition) is 0. The number of ether oxygens (including phenoxy) is 2. The van der Waals surface area contributed by atoms with Gasteiger partial charge >= 0.3 is 5.97 Å². The van der Waals surface area contributed by atoms with Crippen molar-refractivity contribution < 1.29 is 14.3 Å². The van der Waals surface area contributed by atoms with Crippen LogP contribution in [0.1, 0.15) is 18.6 Å². The summed E-state index contributed by atoms with van der Waals surface area (Å²) in [5.74, 6) is 0.319. The van der Waals surface area contributed by atoms with Crippen LogP contribution in [0.25, 0.3) is 0 Å². The standard InChI is InChI=1S/C15H15NO3/c1-12(17)19-15(13-6-3-2-4-7-13)11-18-14-8-5-9-16-10-14/h2-10,15H,11H2,1H3/t15-/m1/s1. The molecule has 0 unspecified atom stereocenters. The highest BCUT2D eigenvalue weighted by Crippen LogP contribution is 2.19. The van der Waals surface area contributed by atoms with Crippen molar-refractivity contribution in [1.82, 2.24) is 4.98 Å². The van der Waals surface area contributed by atoms with Gasteiger partial charge in [0, 0.05) is 13.1 Å². The first-order chi connectivity index (χ1) is 9.25. The molecule has 1 heterocycles. The second-order valence-corrected chi connectivity index (χ2v) is 4.01. The van der Waals surface area contributed by atoms with Crippen LogP contribution in [-0.2, 0) is 9.53 Å². The number of carbonyl (C=O) groups is 1. The van der Waals surface area contributed by atoms with E-state index in [0.717, 1.165) is 5.56 Å². The van der Waals surface area contributed by atoms with E-state index in [0.29, 0.717) is 5.75 Å². The minimum atomic E-state index is -0.418. The zero-order chi connectivity index (χ0) is 13.5. The smallest absolute Gasteiger partial charge is 0.303 e. The molecule has 4 nitrogen and oxygen atoms in total. The van der Waals surface area contributed by atoms with Crippen LogP contribution in [0, 0.1) is 0 Å². The number of nitrogens with zero attached hydrogens (tertiary/aromatic N) is 1. The van der Waals surface area contributed by atoms with Gasteiger partial charge in [-0.15, -0.1) is 0 Å². The van der Waals surface area contributed by atoms with E-state index < -0.39 is 6.10 Å². The van der Waals surface area contributed by atoms with Crippen molar-refractivity contribution in [2.45, 2.75) is 13.0 Å². The summed E-state index contributed by atoms with van der Waals surface area (Å²) in [6.07, 6.45) is 2.88. The Labute approximate surface area is 112 Å². The highest BCUT2D eigenvalue weighted by atomic mass is 16.6. The Morgan fingerprint density at radius 2 is 2.00 bits per heavy atom. The first-order valence-electron chi connectivity index (χ1n) is 6.00. The molecule has 0 saturated heterocycles. The molecule has 1 atom stereocenters. The van der Waals surface area contributed by atoms with Crippen LogP contribution in [0.4, 0.5) is 0 Å². The second-order valence-electron chi connectivity index (χ2n) is 4.01. The number of carbonyl (C=O) groups excluding carboxylic acids is 1. The van der Waals surface area contributed by atoms with Gasteiger partial charge in [0.1, 0.15) is 12.4 Å². The highest BCUT2D eigenvalue weighted by molar-refractivity contribution is 5.66. The molecule has 0 spiro atoms. The fourth-order valence-corrected chi connectivity index (χ4v) is 1.67. The topological polar surface area (TPSA) is 48.4 Å². The lowest BCUT2D eigenvalue weighted by atomic mass is 10.1. The molecule has 0 radical (unpaired) electrons. The highest BCUT2D eigenvalue weighted by Gasteiger charge is 2.15. The number of aromatic nitrogens is 1. The Morgan fingerprint density at radius 3 is 2.63 bits per heavy atom. The minimum Gasteiger partial charge on any atom is -0.488 e. The SMILES string of the molecule is CC(=O)O[C@H](COc1cccnc1)c1ccccc1. The van der Waals surface area contributed by atoms with E-state index in [2.05, 4.69) is 4.98 Å². The van der Waals surface area contributed by atoms with Gasteiger partial charge in [-0.3, -0.25) is 9.78 Å². The third kappa shape index (κ3) is 4.10. The molecule has 0 aliphatic heterocycles. The number of esters is 1. The fraction of sp³-hybridized carbons (Fsp3) is 0.200. The Hall–Kier alpha value is -2.36. The normalized spacial score (nSPS) is 11.6. The maximum absolute atomic E-state index is 11.1. The van der Waals surface area contributed by atoms with Crippen molar-refractivity contribution in [2.75, 3.05) is 6.61 Å². The molecule has 0 bridgehead atoms. The van der Waals surface area contributed by atoms with Crippen LogP contribution in [-0.4, -0.2) is 17.6 Å². The Morgan fingerprint density at radius 1 is 1.21 bits per heavy atom. The van der Waals surface area contributed by atoms with Crippen molar-refractivity contribution in [3.63, 3.8) is 0 Å². The minimum absolute atomic E-state index is 0.259. The van der Waals surface area contributed by atoms with Gasteiger partial charge in [-0.05, 0) is 17.7 Å². The molecule has 19 heavy (non-hydrogen) atoms. The molecule has 0 aliphatic carbocycles. The Bertz CT molecular complexity index is 513. The lowest BCUT2D eigenvalue weighted by Gasteiger charge is -2.17. The lowest BCUT2D eigenvalue weighted by molar-refractivity contribution is -0.148. The van der Waals surface area contributed by atoms with Crippen molar-refractivity contribution in [1.29, 1.82) is 0 Å². The van der Waals surface area contributed by atoms with Gasteiger partial charge in [-0.1, -0.05) is 30.3 Å². The average Bonchev–Trinajstić information content (AvgIpc) is 2.45. The zero-order valence-electron chi connectivity index (χ0n) is 10.7. The summed E-state index contributed by atoms with van der Waals surface area (Å²) in [6.45, 7) is 1.65. The monoisotopic (exact) mass is 257 g/mol. The van der Waals surface area contributed by atoms with Gasteiger partial charge in [0.15, 0.2) is 6.10 Å². The molecular formula is C15H15NO3. The van der Waals surface area contributed by atoms with Gasteiger partial charge in [0.2, 0.25) is 0 Å². The first kappa shape index (κ1) is 13.1. The maximum Gasteiger partial charge on any atom is 0.303 e. The van der Waals surface area contributed by atoms with E-state index in [-0.39, 0.29) is 12.6 Å². The van der Waals surface area contributed by atoms with Crippen LogP contribution in [0.5, 0.6) is 5.75 Å². The molecule has 0 aliphatic rings. The largest absolute Gasteiger partial charge is 0.488 e. The third-order valence-corrected chi connectivity index (χ3v) is 2.52. The number of hydrogen-bond acceptors (Lipinski definition) is 4. The number of rotatable bonds is 5. The van der Waals surface area contributed by atoms with Gasteiger partial charge in [-0.2, -0.15) is 0 Å². The van der Waals surface area contributed by atoms with Crippen LogP contribution in [0.3, 0.4) is 0 Å². The average molecular weight is 257 g/mol. The Balaban J connectivity index is 2.04. The van der Waals surface area contributed by atoms with E-state index in [1.165, 1.54) is 6.92 Å². The Kier molecular flexibility index (Phi) is 4.50. The summed E-state index contributed by atoms with van der Waals surface area (Å²) in [4.78, 5) is 15.1. The van der Waals surface area contributed by atoms with Crippen molar-refractivity contribution in [2.24, 2.45) is 0 Å². The predicted octanol–water partition coefficient (Wildman–Crippen LogP) is 2.76. The molecule has 0 N–H and O–H groups in total. The van der Waals surface area contributed by atoms with Crippen LogP contribution < -0.4 is 4.74 Å². The maximum atomic E-state index is 11.1. The van der Waals surface area contributed by atoms with Gasteiger partial charge in [0.25, 0.3) is 0 Å². The zero-order valence-corrected chi connectivity index (χ0v) is 10.7. The second kappa shape index (κ2) is 6.54.